The number of aromatic nitrogens is 1. The van der Waals surface area contributed by atoms with Gasteiger partial charge in [0.15, 0.2) is 16.8 Å². The summed E-state index contributed by atoms with van der Waals surface area (Å²) < 4.78 is 1.27. The van der Waals surface area contributed by atoms with E-state index in [1.165, 1.54) is 10.6 Å². The highest BCUT2D eigenvalue weighted by atomic mass is 35.5. The molecular formula is C5H6ClNO2. The highest BCUT2D eigenvalue weighted by molar-refractivity contribution is 6.31. The lowest BCUT2D eigenvalue weighted by atomic mass is 10.6. The van der Waals surface area contributed by atoms with E-state index in [1.807, 2.05) is 0 Å². The summed E-state index contributed by atoms with van der Waals surface area (Å²) in [7, 11) is 1.55. The third-order valence-corrected chi connectivity index (χ3v) is 1.56. The number of nitrogens with zero attached hydrogens (tertiary/aromatic N) is 1. The standard InChI is InChI=1S/C5H6ClNO2/c1-7-4(9)2-3(8)5(7)6/h2,8-9H,1H3. The van der Waals surface area contributed by atoms with Gasteiger partial charge in [0.05, 0.1) is 0 Å². The van der Waals surface area contributed by atoms with E-state index in [4.69, 9.17) is 21.8 Å². The summed E-state index contributed by atoms with van der Waals surface area (Å²) in [6, 6.07) is 1.18. The van der Waals surface area contributed by atoms with Crippen molar-refractivity contribution < 1.29 is 10.2 Å². The van der Waals surface area contributed by atoms with E-state index < -0.39 is 0 Å². The summed E-state index contributed by atoms with van der Waals surface area (Å²) in [5.74, 6) is -0.144. The van der Waals surface area contributed by atoms with Crippen LogP contribution >= 0.6 is 11.6 Å². The highest BCUT2D eigenvalue weighted by Gasteiger charge is 2.06. The Hall–Kier alpha value is -0.830. The molecule has 2 N–H and O–H groups in total. The molecule has 0 spiro atoms. The van der Waals surface area contributed by atoms with Gasteiger partial charge in [-0.15, -0.1) is 0 Å². The van der Waals surface area contributed by atoms with Crippen LogP contribution in [-0.2, 0) is 7.05 Å². The monoisotopic (exact) mass is 147 g/mol. The predicted molar refractivity (Wildman–Crippen MR) is 33.8 cm³/mol. The van der Waals surface area contributed by atoms with Gasteiger partial charge in [-0.3, -0.25) is 0 Å². The van der Waals surface area contributed by atoms with Gasteiger partial charge in [-0.25, -0.2) is 0 Å². The van der Waals surface area contributed by atoms with Crippen LogP contribution in [-0.4, -0.2) is 14.8 Å². The summed E-state index contributed by atoms with van der Waals surface area (Å²) in [5.41, 5.74) is 0. The number of hydrogen-bond donors (Lipinski definition) is 2. The normalized spacial score (nSPS) is 10.0. The van der Waals surface area contributed by atoms with Gasteiger partial charge < -0.3 is 14.8 Å². The van der Waals surface area contributed by atoms with Crippen molar-refractivity contribution in [2.24, 2.45) is 7.05 Å². The van der Waals surface area contributed by atoms with Crippen molar-refractivity contribution in [3.05, 3.63) is 11.2 Å². The first-order valence-corrected chi connectivity index (χ1v) is 2.74. The van der Waals surface area contributed by atoms with Gasteiger partial charge in [0.1, 0.15) is 0 Å². The topological polar surface area (TPSA) is 45.4 Å². The highest BCUT2D eigenvalue weighted by Crippen LogP contribution is 2.29. The van der Waals surface area contributed by atoms with Crippen molar-refractivity contribution in [2.75, 3.05) is 0 Å². The van der Waals surface area contributed by atoms with Crippen molar-refractivity contribution in [1.29, 1.82) is 0 Å². The van der Waals surface area contributed by atoms with Crippen molar-refractivity contribution >= 4 is 11.6 Å². The van der Waals surface area contributed by atoms with E-state index in [-0.39, 0.29) is 16.8 Å². The lowest BCUT2D eigenvalue weighted by Gasteiger charge is -1.93. The molecule has 0 atom stereocenters. The number of aromatic hydroxyl groups is 2. The average molecular weight is 148 g/mol. The van der Waals surface area contributed by atoms with E-state index in [9.17, 15) is 0 Å². The molecule has 0 fully saturated rings. The zero-order chi connectivity index (χ0) is 7.02. The van der Waals surface area contributed by atoms with Crippen molar-refractivity contribution in [2.45, 2.75) is 0 Å². The molecule has 1 aromatic heterocycles. The first-order valence-electron chi connectivity index (χ1n) is 2.36. The number of halogens is 1. The van der Waals surface area contributed by atoms with Crippen LogP contribution in [0, 0.1) is 0 Å². The molecule has 0 unspecified atom stereocenters. The Morgan fingerprint density at radius 2 is 2.11 bits per heavy atom. The summed E-state index contributed by atoms with van der Waals surface area (Å²) in [6.45, 7) is 0. The van der Waals surface area contributed by atoms with Crippen molar-refractivity contribution in [3.63, 3.8) is 0 Å². The minimum atomic E-state index is -0.100. The fourth-order valence-corrected chi connectivity index (χ4v) is 0.692. The van der Waals surface area contributed by atoms with Crippen LogP contribution in [0.2, 0.25) is 5.15 Å². The minimum absolute atomic E-state index is 0.0440. The largest absolute Gasteiger partial charge is 0.505 e. The zero-order valence-electron chi connectivity index (χ0n) is 4.80. The molecule has 0 aliphatic rings. The van der Waals surface area contributed by atoms with Crippen LogP contribution in [0.4, 0.5) is 0 Å². The third kappa shape index (κ3) is 0.833. The molecular weight excluding hydrogens is 142 g/mol. The Labute approximate surface area is 57.1 Å². The van der Waals surface area contributed by atoms with Crippen LogP contribution < -0.4 is 0 Å². The molecule has 1 aromatic rings. The number of rotatable bonds is 0. The van der Waals surface area contributed by atoms with Gasteiger partial charge in [-0.05, 0) is 0 Å². The molecule has 3 nitrogen and oxygen atoms in total. The SMILES string of the molecule is Cn1c(O)cc(O)c1Cl. The first-order chi connectivity index (χ1) is 4.13. The third-order valence-electron chi connectivity index (χ3n) is 1.12. The molecule has 0 aliphatic carbocycles. The van der Waals surface area contributed by atoms with Gasteiger partial charge in [0, 0.05) is 13.1 Å². The summed E-state index contributed by atoms with van der Waals surface area (Å²) >= 11 is 5.45. The summed E-state index contributed by atoms with van der Waals surface area (Å²) in [5, 5.41) is 17.8. The Balaban J connectivity index is 3.29. The molecule has 4 heteroatoms. The second-order valence-corrected chi connectivity index (χ2v) is 2.10. The zero-order valence-corrected chi connectivity index (χ0v) is 5.55. The quantitative estimate of drug-likeness (QED) is 0.577. The number of hydrogen-bond acceptors (Lipinski definition) is 2. The van der Waals surface area contributed by atoms with E-state index >= 15 is 0 Å². The molecule has 0 radical (unpaired) electrons. The molecule has 9 heavy (non-hydrogen) atoms. The van der Waals surface area contributed by atoms with E-state index in [1.54, 1.807) is 7.05 Å². The molecule has 0 saturated carbocycles. The Bertz CT molecular complexity index is 209. The second kappa shape index (κ2) is 1.84. The first kappa shape index (κ1) is 6.29. The smallest absolute Gasteiger partial charge is 0.195 e. The van der Waals surface area contributed by atoms with Crippen LogP contribution in [0.3, 0.4) is 0 Å². The van der Waals surface area contributed by atoms with Crippen molar-refractivity contribution in [3.8, 4) is 11.6 Å². The van der Waals surface area contributed by atoms with Crippen molar-refractivity contribution in [1.82, 2.24) is 4.57 Å². The molecule has 1 heterocycles. The fraction of sp³-hybridized carbons (Fsp3) is 0.200. The summed E-state index contributed by atoms with van der Waals surface area (Å²) in [4.78, 5) is 0. The Kier molecular flexibility index (Phi) is 1.29. The van der Waals surface area contributed by atoms with E-state index in [0.717, 1.165) is 0 Å². The van der Waals surface area contributed by atoms with Crippen LogP contribution in [0.5, 0.6) is 11.6 Å². The van der Waals surface area contributed by atoms with Crippen LogP contribution in [0.15, 0.2) is 6.07 Å². The van der Waals surface area contributed by atoms with Crippen LogP contribution in [0.1, 0.15) is 0 Å². The van der Waals surface area contributed by atoms with Gasteiger partial charge >= 0.3 is 0 Å². The van der Waals surface area contributed by atoms with E-state index in [2.05, 4.69) is 0 Å². The van der Waals surface area contributed by atoms with Gasteiger partial charge in [0.2, 0.25) is 0 Å². The molecule has 0 aromatic carbocycles. The van der Waals surface area contributed by atoms with Gasteiger partial charge in [-0.2, -0.15) is 0 Å². The molecule has 0 saturated heterocycles. The van der Waals surface area contributed by atoms with Crippen LogP contribution in [0.25, 0.3) is 0 Å². The van der Waals surface area contributed by atoms with Gasteiger partial charge in [0.25, 0.3) is 0 Å². The fourth-order valence-electron chi connectivity index (χ4n) is 0.551. The lowest BCUT2D eigenvalue weighted by Crippen LogP contribution is -1.83. The minimum Gasteiger partial charge on any atom is -0.505 e. The summed E-state index contributed by atoms with van der Waals surface area (Å²) in [6.07, 6.45) is 0. The molecule has 50 valence electrons. The Morgan fingerprint density at radius 3 is 2.22 bits per heavy atom. The maximum absolute atomic E-state index is 8.84. The molecule has 0 bridgehead atoms. The molecule has 1 rings (SSSR count). The predicted octanol–water partition coefficient (Wildman–Crippen LogP) is 1.09. The Morgan fingerprint density at radius 1 is 1.56 bits per heavy atom. The van der Waals surface area contributed by atoms with E-state index in [0.29, 0.717) is 0 Å². The second-order valence-electron chi connectivity index (χ2n) is 1.74. The average Bonchev–Trinajstić information content (AvgIpc) is 1.98. The van der Waals surface area contributed by atoms with Gasteiger partial charge in [-0.1, -0.05) is 11.6 Å². The molecule has 0 amide bonds. The lowest BCUT2D eigenvalue weighted by molar-refractivity contribution is 0.432. The molecule has 0 aliphatic heterocycles. The maximum atomic E-state index is 8.84. The maximum Gasteiger partial charge on any atom is 0.195 e.